The molecule has 2 rings (SSSR count). The Morgan fingerprint density at radius 2 is 1.89 bits per heavy atom. The highest BCUT2D eigenvalue weighted by molar-refractivity contribution is 7.99. The van der Waals surface area contributed by atoms with E-state index in [0.717, 1.165) is 29.2 Å². The third-order valence-corrected chi connectivity index (χ3v) is 3.21. The lowest BCUT2D eigenvalue weighted by molar-refractivity contribution is -0.390. The van der Waals surface area contributed by atoms with Gasteiger partial charge in [-0.2, -0.15) is 4.39 Å². The fourth-order valence-electron chi connectivity index (χ4n) is 1.59. The summed E-state index contributed by atoms with van der Waals surface area (Å²) in [6, 6.07) is 5.76. The molecule has 0 unspecified atom stereocenters. The van der Waals surface area contributed by atoms with E-state index in [2.05, 4.69) is 9.97 Å². The molecule has 0 saturated carbocycles. The predicted octanol–water partition coefficient (Wildman–Crippen LogP) is 3.29. The van der Waals surface area contributed by atoms with Crippen LogP contribution in [0.4, 0.5) is 10.1 Å². The molecule has 98 valence electrons. The van der Waals surface area contributed by atoms with E-state index in [1.807, 2.05) is 0 Å². The molecule has 0 amide bonds. The molecular weight excluding hydrogens is 269 g/mol. The quantitative estimate of drug-likeness (QED) is 0.490. The van der Waals surface area contributed by atoms with Crippen LogP contribution >= 0.6 is 11.8 Å². The Morgan fingerprint density at radius 1 is 1.26 bits per heavy atom. The standard InChI is InChI=1S/C12H10FN3O2S/c1-7-6-8(2)15-12(14-7)19-10-5-3-4-9(13)11(10)16(17)18/h3-6H,1-2H3. The number of nitro benzene ring substituents is 1. The summed E-state index contributed by atoms with van der Waals surface area (Å²) in [6.07, 6.45) is 0. The monoisotopic (exact) mass is 279 g/mol. The summed E-state index contributed by atoms with van der Waals surface area (Å²) in [4.78, 5) is 18.7. The van der Waals surface area contributed by atoms with E-state index in [1.54, 1.807) is 19.9 Å². The minimum atomic E-state index is -0.862. The van der Waals surface area contributed by atoms with Gasteiger partial charge in [0.05, 0.1) is 9.82 Å². The molecule has 0 N–H and O–H groups in total. The van der Waals surface area contributed by atoms with Crippen LogP contribution < -0.4 is 0 Å². The average molecular weight is 279 g/mol. The van der Waals surface area contributed by atoms with Crippen molar-refractivity contribution in [3.63, 3.8) is 0 Å². The van der Waals surface area contributed by atoms with Gasteiger partial charge in [0.15, 0.2) is 5.16 Å². The van der Waals surface area contributed by atoms with Gasteiger partial charge in [-0.1, -0.05) is 6.07 Å². The first-order chi connectivity index (χ1) is 8.97. The van der Waals surface area contributed by atoms with Crippen LogP contribution in [0.5, 0.6) is 0 Å². The van der Waals surface area contributed by atoms with Gasteiger partial charge in [0.1, 0.15) is 0 Å². The third kappa shape index (κ3) is 3.05. The first-order valence-corrected chi connectivity index (χ1v) is 6.22. The maximum atomic E-state index is 13.5. The number of para-hydroxylation sites is 1. The molecule has 0 saturated heterocycles. The number of aromatic nitrogens is 2. The molecule has 0 spiro atoms. The largest absolute Gasteiger partial charge is 0.318 e. The highest BCUT2D eigenvalue weighted by Crippen LogP contribution is 2.34. The smallest absolute Gasteiger partial charge is 0.258 e. The summed E-state index contributed by atoms with van der Waals surface area (Å²) in [7, 11) is 0. The first kappa shape index (κ1) is 13.4. The number of rotatable bonds is 3. The van der Waals surface area contributed by atoms with Crippen molar-refractivity contribution in [3.8, 4) is 0 Å². The number of hydrogen-bond donors (Lipinski definition) is 0. The van der Waals surface area contributed by atoms with E-state index in [1.165, 1.54) is 12.1 Å². The van der Waals surface area contributed by atoms with Gasteiger partial charge >= 0.3 is 5.69 Å². The Hall–Kier alpha value is -2.02. The highest BCUT2D eigenvalue weighted by atomic mass is 32.2. The van der Waals surface area contributed by atoms with Crippen molar-refractivity contribution in [1.82, 2.24) is 9.97 Å². The minimum absolute atomic E-state index is 0.190. The Labute approximate surface area is 113 Å². The number of nitro groups is 1. The summed E-state index contributed by atoms with van der Waals surface area (Å²) in [5, 5.41) is 11.2. The van der Waals surface area contributed by atoms with Crippen molar-refractivity contribution in [2.45, 2.75) is 23.9 Å². The summed E-state index contributed by atoms with van der Waals surface area (Å²) in [6.45, 7) is 3.61. The zero-order valence-corrected chi connectivity index (χ0v) is 11.1. The molecule has 0 aliphatic heterocycles. The topological polar surface area (TPSA) is 68.9 Å². The van der Waals surface area contributed by atoms with Crippen molar-refractivity contribution < 1.29 is 9.31 Å². The zero-order valence-electron chi connectivity index (χ0n) is 10.3. The minimum Gasteiger partial charge on any atom is -0.258 e. The van der Waals surface area contributed by atoms with E-state index in [-0.39, 0.29) is 4.90 Å². The van der Waals surface area contributed by atoms with Crippen LogP contribution in [0.3, 0.4) is 0 Å². The van der Waals surface area contributed by atoms with Gasteiger partial charge in [0.25, 0.3) is 0 Å². The summed E-state index contributed by atoms with van der Waals surface area (Å²) in [5.74, 6) is -0.862. The highest BCUT2D eigenvalue weighted by Gasteiger charge is 2.21. The van der Waals surface area contributed by atoms with Gasteiger partial charge in [0, 0.05) is 11.4 Å². The number of hydrogen-bond acceptors (Lipinski definition) is 5. The number of benzene rings is 1. The molecule has 2 aromatic rings. The Bertz CT molecular complexity index is 629. The van der Waals surface area contributed by atoms with Crippen LogP contribution in [0.15, 0.2) is 34.3 Å². The van der Waals surface area contributed by atoms with Crippen molar-refractivity contribution in [1.29, 1.82) is 0 Å². The lowest BCUT2D eigenvalue weighted by atomic mass is 10.3. The van der Waals surface area contributed by atoms with Crippen LogP contribution in [0.25, 0.3) is 0 Å². The van der Waals surface area contributed by atoms with Crippen LogP contribution in [-0.2, 0) is 0 Å². The molecule has 0 aliphatic rings. The summed E-state index contributed by atoms with van der Waals surface area (Å²) < 4.78 is 13.5. The van der Waals surface area contributed by atoms with Gasteiger partial charge < -0.3 is 0 Å². The molecule has 0 atom stereocenters. The van der Waals surface area contributed by atoms with E-state index < -0.39 is 16.4 Å². The molecule has 1 aromatic heterocycles. The normalized spacial score (nSPS) is 10.5. The average Bonchev–Trinajstić information content (AvgIpc) is 2.26. The lowest BCUT2D eigenvalue weighted by Crippen LogP contribution is -1.97. The second-order valence-corrected chi connectivity index (χ2v) is 4.89. The fraction of sp³-hybridized carbons (Fsp3) is 0.167. The maximum Gasteiger partial charge on any atom is 0.318 e. The number of nitrogens with zero attached hydrogens (tertiary/aromatic N) is 3. The van der Waals surface area contributed by atoms with E-state index in [4.69, 9.17) is 0 Å². The molecule has 0 bridgehead atoms. The van der Waals surface area contributed by atoms with Crippen LogP contribution in [0.1, 0.15) is 11.4 Å². The Morgan fingerprint density at radius 3 is 2.47 bits per heavy atom. The maximum absolute atomic E-state index is 13.5. The fourth-order valence-corrected chi connectivity index (χ4v) is 2.58. The predicted molar refractivity (Wildman–Crippen MR) is 68.7 cm³/mol. The lowest BCUT2D eigenvalue weighted by Gasteiger charge is -2.04. The molecule has 1 aromatic carbocycles. The van der Waals surface area contributed by atoms with Gasteiger partial charge in [0.2, 0.25) is 5.82 Å². The zero-order chi connectivity index (χ0) is 14.0. The molecule has 0 aliphatic carbocycles. The molecule has 5 nitrogen and oxygen atoms in total. The van der Waals surface area contributed by atoms with Crippen molar-refractivity contribution in [2.24, 2.45) is 0 Å². The number of halogens is 1. The molecular formula is C12H10FN3O2S. The van der Waals surface area contributed by atoms with E-state index >= 15 is 0 Å². The molecule has 7 heteroatoms. The number of aryl methyl sites for hydroxylation is 2. The van der Waals surface area contributed by atoms with E-state index in [0.29, 0.717) is 5.16 Å². The van der Waals surface area contributed by atoms with Crippen molar-refractivity contribution in [2.75, 3.05) is 0 Å². The second kappa shape index (κ2) is 5.31. The summed E-state index contributed by atoms with van der Waals surface area (Å²) in [5.41, 5.74) is 0.971. The van der Waals surface area contributed by atoms with Crippen LogP contribution in [0, 0.1) is 29.8 Å². The van der Waals surface area contributed by atoms with Crippen molar-refractivity contribution >= 4 is 17.4 Å². The molecule has 0 fully saturated rings. The molecule has 0 radical (unpaired) electrons. The van der Waals surface area contributed by atoms with Gasteiger partial charge in [-0.3, -0.25) is 10.1 Å². The second-order valence-electron chi connectivity index (χ2n) is 3.88. The van der Waals surface area contributed by atoms with Gasteiger partial charge in [-0.25, -0.2) is 9.97 Å². The van der Waals surface area contributed by atoms with E-state index in [9.17, 15) is 14.5 Å². The Balaban J connectivity index is 2.43. The van der Waals surface area contributed by atoms with Crippen molar-refractivity contribution in [3.05, 3.63) is 51.6 Å². The Kier molecular flexibility index (Phi) is 3.75. The molecule has 19 heavy (non-hydrogen) atoms. The third-order valence-electron chi connectivity index (χ3n) is 2.30. The first-order valence-electron chi connectivity index (χ1n) is 5.40. The summed E-state index contributed by atoms with van der Waals surface area (Å²) >= 11 is 0.981. The SMILES string of the molecule is Cc1cc(C)nc(Sc2cccc(F)c2[N+](=O)[O-])n1. The van der Waals surface area contributed by atoms with Crippen LogP contribution in [-0.4, -0.2) is 14.9 Å². The molecule has 1 heterocycles. The van der Waals surface area contributed by atoms with Gasteiger partial charge in [-0.15, -0.1) is 0 Å². The van der Waals surface area contributed by atoms with Gasteiger partial charge in [-0.05, 0) is 43.8 Å². The van der Waals surface area contributed by atoms with Crippen LogP contribution in [0.2, 0.25) is 0 Å².